The van der Waals surface area contributed by atoms with Gasteiger partial charge in [-0.3, -0.25) is 9.69 Å². The molecule has 0 spiro atoms. The van der Waals surface area contributed by atoms with Crippen molar-refractivity contribution < 1.29 is 18.3 Å². The van der Waals surface area contributed by atoms with Crippen molar-refractivity contribution in [3.8, 4) is 5.75 Å². The molecule has 1 aromatic heterocycles. The number of rotatable bonds is 7. The Labute approximate surface area is 183 Å². The van der Waals surface area contributed by atoms with E-state index in [0.29, 0.717) is 36.7 Å². The van der Waals surface area contributed by atoms with Crippen LogP contribution in [0.15, 0.2) is 47.8 Å². The molecule has 5 nitrogen and oxygen atoms in total. The van der Waals surface area contributed by atoms with Crippen molar-refractivity contribution in [2.45, 2.75) is 20.1 Å². The minimum Gasteiger partial charge on any atom is -0.486 e. The molecule has 0 saturated carbocycles. The Hall–Kier alpha value is -2.84. The quantitative estimate of drug-likeness (QED) is 0.502. The smallest absolute Gasteiger partial charge is 0.159 e. The summed E-state index contributed by atoms with van der Waals surface area (Å²) >= 11 is 1.54. The highest BCUT2D eigenvalue weighted by molar-refractivity contribution is 7.09. The second-order valence-corrected chi connectivity index (χ2v) is 8.40. The van der Waals surface area contributed by atoms with Crippen molar-refractivity contribution in [1.29, 1.82) is 0 Å². The van der Waals surface area contributed by atoms with Crippen LogP contribution in [0.2, 0.25) is 0 Å². The Morgan fingerprint density at radius 3 is 2.52 bits per heavy atom. The lowest BCUT2D eigenvalue weighted by molar-refractivity contribution is 0.101. The molecule has 0 radical (unpaired) electrons. The lowest BCUT2D eigenvalue weighted by Gasteiger charge is -2.36. The zero-order valence-electron chi connectivity index (χ0n) is 17.2. The second kappa shape index (κ2) is 9.53. The third-order valence-corrected chi connectivity index (χ3v) is 6.10. The molecule has 8 heteroatoms. The summed E-state index contributed by atoms with van der Waals surface area (Å²) < 4.78 is 33.0. The summed E-state index contributed by atoms with van der Waals surface area (Å²) in [5.41, 5.74) is 1.91. The average molecular weight is 444 g/mol. The molecule has 1 fully saturated rings. The van der Waals surface area contributed by atoms with Gasteiger partial charge in [0.2, 0.25) is 0 Å². The fourth-order valence-electron chi connectivity index (χ4n) is 3.52. The number of anilines is 1. The number of ether oxygens (including phenoxy) is 1. The van der Waals surface area contributed by atoms with Gasteiger partial charge >= 0.3 is 0 Å². The van der Waals surface area contributed by atoms with Gasteiger partial charge in [-0.25, -0.2) is 13.8 Å². The van der Waals surface area contributed by atoms with Gasteiger partial charge in [0.15, 0.2) is 5.78 Å². The van der Waals surface area contributed by atoms with Gasteiger partial charge in [-0.2, -0.15) is 0 Å². The van der Waals surface area contributed by atoms with Gasteiger partial charge in [-0.1, -0.05) is 0 Å². The third-order valence-electron chi connectivity index (χ3n) is 5.23. The van der Waals surface area contributed by atoms with Gasteiger partial charge in [-0.05, 0) is 49.4 Å². The highest BCUT2D eigenvalue weighted by Gasteiger charge is 2.21. The second-order valence-electron chi connectivity index (χ2n) is 7.46. The van der Waals surface area contributed by atoms with Crippen LogP contribution in [0.4, 0.5) is 14.5 Å². The van der Waals surface area contributed by atoms with E-state index in [-0.39, 0.29) is 17.4 Å². The topological polar surface area (TPSA) is 45.7 Å². The number of halogens is 2. The summed E-state index contributed by atoms with van der Waals surface area (Å²) in [6.07, 6.45) is 0. The zero-order chi connectivity index (χ0) is 21.8. The fourth-order valence-corrected chi connectivity index (χ4v) is 4.22. The largest absolute Gasteiger partial charge is 0.486 e. The number of carbonyl (C=O) groups is 1. The van der Waals surface area contributed by atoms with Crippen molar-refractivity contribution in [3.63, 3.8) is 0 Å². The predicted molar refractivity (Wildman–Crippen MR) is 117 cm³/mol. The number of carbonyl (C=O) groups excluding carboxylic acids is 1. The molecular formula is C23H23F2N3O2S. The number of hydrogen-bond acceptors (Lipinski definition) is 6. The molecule has 1 aliphatic heterocycles. The molecule has 0 amide bonds. The van der Waals surface area contributed by atoms with Crippen LogP contribution in [-0.4, -0.2) is 41.8 Å². The molecular weight excluding hydrogens is 420 g/mol. The molecule has 4 rings (SSSR count). The van der Waals surface area contributed by atoms with Crippen molar-refractivity contribution >= 4 is 22.8 Å². The fraction of sp³-hybridized carbons (Fsp3) is 0.304. The normalized spacial score (nSPS) is 14.6. The summed E-state index contributed by atoms with van der Waals surface area (Å²) in [4.78, 5) is 20.3. The molecule has 0 N–H and O–H groups in total. The van der Waals surface area contributed by atoms with Gasteiger partial charge < -0.3 is 9.64 Å². The van der Waals surface area contributed by atoms with E-state index in [1.54, 1.807) is 24.3 Å². The summed E-state index contributed by atoms with van der Waals surface area (Å²) in [5.74, 6) is -0.176. The van der Waals surface area contributed by atoms with Crippen LogP contribution >= 0.6 is 11.3 Å². The van der Waals surface area contributed by atoms with Gasteiger partial charge in [0.05, 0.1) is 11.4 Å². The van der Waals surface area contributed by atoms with Gasteiger partial charge in [0, 0.05) is 43.7 Å². The molecule has 0 aliphatic carbocycles. The average Bonchev–Trinajstić information content (AvgIpc) is 3.21. The Morgan fingerprint density at radius 1 is 1.10 bits per heavy atom. The molecule has 0 bridgehead atoms. The maximum absolute atomic E-state index is 14.4. The van der Waals surface area contributed by atoms with Crippen LogP contribution in [-0.2, 0) is 13.2 Å². The molecule has 0 atom stereocenters. The van der Waals surface area contributed by atoms with Crippen LogP contribution in [0.1, 0.15) is 28.0 Å². The number of benzene rings is 2. The molecule has 3 aromatic rings. The van der Waals surface area contributed by atoms with E-state index < -0.39 is 0 Å². The van der Waals surface area contributed by atoms with Crippen molar-refractivity contribution in [2.24, 2.45) is 0 Å². The molecule has 0 unspecified atom stereocenters. The van der Waals surface area contributed by atoms with Gasteiger partial charge in [0.1, 0.15) is 29.0 Å². The number of Topliss-reactive ketones (excluding diaryl/α,β-unsaturated/α-hetero) is 1. The standard InChI is InChI=1S/C23H23F2N3O2S/c1-16(29)17-2-7-22(21(25)12-17)28-10-8-27(9-11-28)13-19-15-31-23(26-19)14-30-20-5-3-18(24)4-6-20/h2-7,12,15H,8-11,13-14H2,1H3. The van der Waals surface area contributed by atoms with Crippen molar-refractivity contribution in [1.82, 2.24) is 9.88 Å². The SMILES string of the molecule is CC(=O)c1ccc(N2CCN(Cc3csc(COc4ccc(F)cc4)n3)CC2)c(F)c1. The highest BCUT2D eigenvalue weighted by atomic mass is 32.1. The maximum atomic E-state index is 14.4. The Morgan fingerprint density at radius 2 is 1.84 bits per heavy atom. The predicted octanol–water partition coefficient (Wildman–Crippen LogP) is 4.53. The lowest BCUT2D eigenvalue weighted by atomic mass is 10.1. The number of ketones is 1. The number of hydrogen-bond donors (Lipinski definition) is 0. The van der Waals surface area contributed by atoms with Gasteiger partial charge in [-0.15, -0.1) is 11.3 Å². The highest BCUT2D eigenvalue weighted by Crippen LogP contribution is 2.23. The van der Waals surface area contributed by atoms with Gasteiger partial charge in [0.25, 0.3) is 0 Å². The monoisotopic (exact) mass is 443 g/mol. The number of aromatic nitrogens is 1. The first-order valence-electron chi connectivity index (χ1n) is 10.1. The maximum Gasteiger partial charge on any atom is 0.159 e. The van der Waals surface area contributed by atoms with E-state index >= 15 is 0 Å². The van der Waals surface area contributed by atoms with Crippen LogP contribution in [0, 0.1) is 11.6 Å². The van der Waals surface area contributed by atoms with Crippen LogP contribution < -0.4 is 9.64 Å². The van der Waals surface area contributed by atoms with Crippen LogP contribution in [0.5, 0.6) is 5.75 Å². The van der Waals surface area contributed by atoms with E-state index in [4.69, 9.17) is 4.74 Å². The first-order chi connectivity index (χ1) is 15.0. The summed E-state index contributed by atoms with van der Waals surface area (Å²) in [6.45, 7) is 5.53. The third kappa shape index (κ3) is 5.45. The zero-order valence-corrected chi connectivity index (χ0v) is 18.0. The number of nitrogens with zero attached hydrogens (tertiary/aromatic N) is 3. The van der Waals surface area contributed by atoms with E-state index in [1.807, 2.05) is 10.3 Å². The molecule has 2 aromatic carbocycles. The molecule has 2 heterocycles. The van der Waals surface area contributed by atoms with E-state index in [9.17, 15) is 13.6 Å². The van der Waals surface area contributed by atoms with Crippen molar-refractivity contribution in [2.75, 3.05) is 31.1 Å². The Balaban J connectivity index is 1.27. The first-order valence-corrected chi connectivity index (χ1v) is 11.0. The minimum atomic E-state index is -0.355. The lowest BCUT2D eigenvalue weighted by Crippen LogP contribution is -2.46. The summed E-state index contributed by atoms with van der Waals surface area (Å²) in [5, 5.41) is 2.89. The number of thiazole rings is 1. The van der Waals surface area contributed by atoms with E-state index in [2.05, 4.69) is 9.88 Å². The number of piperazine rings is 1. The summed E-state index contributed by atoms with van der Waals surface area (Å²) in [6, 6.07) is 10.6. The van der Waals surface area contributed by atoms with Crippen LogP contribution in [0.3, 0.4) is 0 Å². The molecule has 31 heavy (non-hydrogen) atoms. The Kier molecular flexibility index (Phi) is 6.58. The van der Waals surface area contributed by atoms with E-state index in [0.717, 1.165) is 30.3 Å². The van der Waals surface area contributed by atoms with E-state index in [1.165, 1.54) is 36.5 Å². The van der Waals surface area contributed by atoms with Crippen LogP contribution in [0.25, 0.3) is 0 Å². The minimum absolute atomic E-state index is 0.138. The first kappa shape index (κ1) is 21.4. The van der Waals surface area contributed by atoms with Crippen molar-refractivity contribution in [3.05, 3.63) is 75.7 Å². The molecule has 1 saturated heterocycles. The Bertz CT molecular complexity index is 1050. The molecule has 162 valence electrons. The molecule has 1 aliphatic rings. The summed E-state index contributed by atoms with van der Waals surface area (Å²) in [7, 11) is 0.